The van der Waals surface area contributed by atoms with Crippen LogP contribution in [0.5, 0.6) is 0 Å². The molecule has 18 heavy (non-hydrogen) atoms. The normalized spacial score (nSPS) is 38.1. The Balaban J connectivity index is 1.50. The van der Waals surface area contributed by atoms with Crippen molar-refractivity contribution < 1.29 is 42.4 Å². The molecule has 2 aliphatic carbocycles. The van der Waals surface area contributed by atoms with Crippen molar-refractivity contribution in [1.29, 1.82) is 0 Å². The van der Waals surface area contributed by atoms with Crippen molar-refractivity contribution in [2.45, 2.75) is 68.3 Å². The molecule has 110 valence electrons. The summed E-state index contributed by atoms with van der Waals surface area (Å²) in [7, 11) is 0. The van der Waals surface area contributed by atoms with Crippen LogP contribution in [0.1, 0.15) is 58.3 Å². The van der Waals surface area contributed by atoms with E-state index < -0.39 is 0 Å². The van der Waals surface area contributed by atoms with Gasteiger partial charge in [-0.05, 0) is 0 Å². The van der Waals surface area contributed by atoms with E-state index in [-0.39, 0.29) is 0 Å². The molecule has 0 saturated heterocycles. The summed E-state index contributed by atoms with van der Waals surface area (Å²) in [4.78, 5) is 0. The Morgan fingerprint density at radius 1 is 1.06 bits per heavy atom. The first-order chi connectivity index (χ1) is 8.74. The summed E-state index contributed by atoms with van der Waals surface area (Å²) in [6, 6.07) is 0.538. The molecule has 0 aliphatic heterocycles. The zero-order chi connectivity index (χ0) is 12.8. The summed E-state index contributed by atoms with van der Waals surface area (Å²) in [5.74, 6) is 2.12. The van der Waals surface area contributed by atoms with Gasteiger partial charge in [-0.15, -0.1) is 0 Å². The van der Waals surface area contributed by atoms with Crippen LogP contribution >= 0.6 is 0 Å². The molecule has 3 heteroatoms. The van der Waals surface area contributed by atoms with Crippen LogP contribution in [0.25, 0.3) is 0 Å². The van der Waals surface area contributed by atoms with Gasteiger partial charge in [0.05, 0.1) is 0 Å². The molecule has 0 heterocycles. The number of hydrogen-bond acceptors (Lipinski definition) is 1. The second kappa shape index (κ2) is 8.65. The molecule has 0 aromatic rings. The molecule has 2 atom stereocenters. The van der Waals surface area contributed by atoms with Crippen LogP contribution in [-0.2, 0) is 0 Å². The number of halogens is 2. The van der Waals surface area contributed by atoms with Gasteiger partial charge in [0.15, 0.2) is 0 Å². The Bertz CT molecular complexity index is 227. The van der Waals surface area contributed by atoms with Crippen molar-refractivity contribution in [1.82, 2.24) is 0 Å². The van der Waals surface area contributed by atoms with Gasteiger partial charge in [-0.2, -0.15) is 0 Å². The zero-order valence-corrected chi connectivity index (χ0v) is 16.0. The minimum atomic E-state index is 0.538. The fraction of sp³-hybridized carbons (Fsp3) is 1.00. The molecule has 0 aromatic carbocycles. The Morgan fingerprint density at radius 3 is 2.56 bits per heavy atom. The fourth-order valence-electron chi connectivity index (χ4n) is 3.16. The Labute approximate surface area is 134 Å². The van der Waals surface area contributed by atoms with E-state index in [2.05, 4.69) is 6.92 Å². The van der Waals surface area contributed by atoms with Gasteiger partial charge in [-0.3, -0.25) is 0 Å². The summed E-state index contributed by atoms with van der Waals surface area (Å²) in [6.45, 7) is 2.47. The predicted molar refractivity (Wildman–Crippen MR) is 71.1 cm³/mol. The summed E-state index contributed by atoms with van der Waals surface area (Å²) in [6.07, 6.45) is 11.7. The van der Waals surface area contributed by atoms with Crippen molar-refractivity contribution in [2.24, 2.45) is 17.6 Å². The first kappa shape index (κ1) is 15.8. The fourth-order valence-corrected chi connectivity index (χ4v) is 14.3. The van der Waals surface area contributed by atoms with E-state index in [1.54, 1.807) is 19.7 Å². The van der Waals surface area contributed by atoms with Gasteiger partial charge in [0.25, 0.3) is 0 Å². The first-order valence-corrected chi connectivity index (χ1v) is 13.4. The molecule has 2 fully saturated rings. The summed E-state index contributed by atoms with van der Waals surface area (Å²) in [5.41, 5.74) is 5.98. The average molecular weight is 477 g/mol. The van der Waals surface area contributed by atoms with Crippen LogP contribution < -0.4 is 48.1 Å². The van der Waals surface area contributed by atoms with Crippen molar-refractivity contribution >= 4 is 0 Å². The molecule has 2 N–H and O–H groups in total. The van der Waals surface area contributed by atoms with Gasteiger partial charge < -0.3 is 0 Å². The van der Waals surface area contributed by atoms with E-state index in [1.807, 2.05) is 0 Å². The quantitative estimate of drug-likeness (QED) is 0.259. The summed E-state index contributed by atoms with van der Waals surface area (Å²) >= 11 is 1.11. The van der Waals surface area contributed by atoms with Crippen LogP contribution in [0.15, 0.2) is 0 Å². The van der Waals surface area contributed by atoms with Gasteiger partial charge in [-0.1, -0.05) is 0 Å². The zero-order valence-electron chi connectivity index (χ0n) is 11.7. The Hall–Kier alpha value is 1.42. The average Bonchev–Trinajstić information content (AvgIpc) is 2.37. The Morgan fingerprint density at radius 2 is 1.83 bits per heavy atom. The van der Waals surface area contributed by atoms with Gasteiger partial charge in [0.1, 0.15) is 0 Å². The maximum absolute atomic E-state index is 5.98. The number of nitrogens with two attached hydrogens (primary N) is 1. The van der Waals surface area contributed by atoms with Crippen LogP contribution in [0, 0.1) is 11.8 Å². The van der Waals surface area contributed by atoms with Crippen molar-refractivity contribution in [3.8, 4) is 0 Å². The van der Waals surface area contributed by atoms with E-state index in [0.29, 0.717) is 48.5 Å². The summed E-state index contributed by atoms with van der Waals surface area (Å²) in [5, 5.41) is 0. The van der Waals surface area contributed by atoms with Crippen LogP contribution in [-0.4, -0.2) is 16.8 Å². The van der Waals surface area contributed by atoms with Crippen molar-refractivity contribution in [3.05, 3.63) is 0 Å². The molecule has 1 nitrogen and oxygen atoms in total. The molecule has 0 bridgehead atoms. The summed E-state index contributed by atoms with van der Waals surface area (Å²) < 4.78 is 4.53. The van der Waals surface area contributed by atoms with Crippen LogP contribution in [0.3, 0.4) is 0 Å². The van der Waals surface area contributed by atoms with E-state index in [0.717, 1.165) is 11.8 Å². The van der Waals surface area contributed by atoms with E-state index in [9.17, 15) is 0 Å². The second-order valence-electron chi connectivity index (χ2n) is 6.25. The van der Waals surface area contributed by atoms with Gasteiger partial charge >= 0.3 is 135 Å². The molecule has 2 aliphatic rings. The maximum atomic E-state index is 5.98. The van der Waals surface area contributed by atoms with Crippen molar-refractivity contribution in [3.63, 3.8) is 0 Å². The molecule has 2 saturated carbocycles. The number of hydrogen-bond donors (Lipinski definition) is 1. The van der Waals surface area contributed by atoms with Crippen LogP contribution in [0.4, 0.5) is 0 Å². The predicted octanol–water partition coefficient (Wildman–Crippen LogP) is -2.78. The molecular weight excluding hydrogens is 448 g/mol. The molecule has 0 radical (unpaired) electrons. The molecule has 2 unspecified atom stereocenters. The minimum absolute atomic E-state index is 0.538. The van der Waals surface area contributed by atoms with Crippen molar-refractivity contribution in [2.75, 3.05) is 6.86 Å². The van der Waals surface area contributed by atoms with Gasteiger partial charge in [0, 0.05) is 0 Å². The van der Waals surface area contributed by atoms with Gasteiger partial charge in [-0.25, -0.2) is 0 Å². The Kier molecular flexibility index (Phi) is 7.59. The molecule has 2 rings (SSSR count). The van der Waals surface area contributed by atoms with E-state index in [4.69, 9.17) is 5.73 Å². The first-order valence-electron chi connectivity index (χ1n) is 7.60. The third kappa shape index (κ3) is 5.81. The van der Waals surface area contributed by atoms with E-state index >= 15 is 0 Å². The SMILES string of the molecule is CC1CCCC([I-]C[I-]CC2CCC(N)CC2)C1. The monoisotopic (exact) mass is 477 g/mol. The second-order valence-corrected chi connectivity index (χ2v) is 15.3. The van der Waals surface area contributed by atoms with Crippen LogP contribution in [0.2, 0.25) is 0 Å². The van der Waals surface area contributed by atoms with E-state index in [1.165, 1.54) is 42.4 Å². The molecule has 0 spiro atoms. The molecule has 0 aromatic heterocycles. The molecular formula is C15H29I2N-2. The standard InChI is InChI=1S/C15H29I2N/c1-12-3-2-4-14(9-12)17-11-16-10-13-5-7-15(18)8-6-13/h12-15H,2-11,18H2,1H3/q-2. The topological polar surface area (TPSA) is 26.0 Å². The third-order valence-corrected chi connectivity index (χ3v) is 14.4. The third-order valence-electron chi connectivity index (χ3n) is 4.44. The molecule has 0 amide bonds. The number of rotatable bonds is 5. The number of alkyl halides is 4. The van der Waals surface area contributed by atoms with Gasteiger partial charge in [0.2, 0.25) is 0 Å².